The topological polar surface area (TPSA) is 15.3 Å². The van der Waals surface area contributed by atoms with E-state index in [1.54, 1.807) is 0 Å². The molecule has 1 aromatic carbocycles. The van der Waals surface area contributed by atoms with E-state index < -0.39 is 0 Å². The second-order valence-corrected chi connectivity index (χ2v) is 6.34. The zero-order valence-electron chi connectivity index (χ0n) is 12.4. The van der Waals surface area contributed by atoms with E-state index in [1.165, 1.54) is 51.0 Å². The number of halogens is 1. The van der Waals surface area contributed by atoms with Gasteiger partial charge in [0.25, 0.3) is 0 Å². The summed E-state index contributed by atoms with van der Waals surface area (Å²) in [7, 11) is 0. The van der Waals surface area contributed by atoms with Gasteiger partial charge >= 0.3 is 0 Å². The summed E-state index contributed by atoms with van der Waals surface area (Å²) >= 11 is 0. The maximum Gasteiger partial charge on any atom is 0.00735 e. The Morgan fingerprint density at radius 2 is 1.85 bits per heavy atom. The summed E-state index contributed by atoms with van der Waals surface area (Å²) < 4.78 is 0. The van der Waals surface area contributed by atoms with Crippen LogP contribution in [0.5, 0.6) is 0 Å². The molecule has 1 N–H and O–H groups in total. The van der Waals surface area contributed by atoms with Gasteiger partial charge in [0.05, 0.1) is 0 Å². The first kappa shape index (κ1) is 15.8. The molecule has 0 spiro atoms. The molecule has 112 valence electrons. The normalized spacial score (nSPS) is 28.2. The summed E-state index contributed by atoms with van der Waals surface area (Å²) in [5, 5.41) is 3.47. The van der Waals surface area contributed by atoms with Gasteiger partial charge in [0.15, 0.2) is 0 Å². The molecule has 0 aromatic heterocycles. The van der Waals surface area contributed by atoms with Crippen LogP contribution in [0.1, 0.15) is 37.7 Å². The fourth-order valence-electron chi connectivity index (χ4n) is 3.72. The van der Waals surface area contributed by atoms with E-state index in [0.717, 1.165) is 17.9 Å². The van der Waals surface area contributed by atoms with Gasteiger partial charge in [-0.2, -0.15) is 0 Å². The third-order valence-corrected chi connectivity index (χ3v) is 4.93. The molecule has 2 fully saturated rings. The minimum Gasteiger partial charge on any atom is -0.317 e. The molecule has 3 rings (SSSR count). The quantitative estimate of drug-likeness (QED) is 0.920. The van der Waals surface area contributed by atoms with Crippen molar-refractivity contribution in [1.29, 1.82) is 0 Å². The maximum atomic E-state index is 3.47. The van der Waals surface area contributed by atoms with Crippen molar-refractivity contribution in [3.63, 3.8) is 0 Å². The number of likely N-dealkylation sites (tertiary alicyclic amines) is 1. The number of nitrogens with zero attached hydrogens (tertiary/aromatic N) is 1. The predicted octanol–water partition coefficient (Wildman–Crippen LogP) is 3.29. The van der Waals surface area contributed by atoms with E-state index in [0.29, 0.717) is 0 Å². The highest BCUT2D eigenvalue weighted by atomic mass is 35.5. The molecule has 0 radical (unpaired) electrons. The Balaban J connectivity index is 0.00000147. The van der Waals surface area contributed by atoms with Gasteiger partial charge in [-0.3, -0.25) is 4.90 Å². The zero-order chi connectivity index (χ0) is 13.1. The van der Waals surface area contributed by atoms with Gasteiger partial charge in [-0.25, -0.2) is 0 Å². The molecule has 2 heterocycles. The van der Waals surface area contributed by atoms with Crippen LogP contribution in [0.3, 0.4) is 0 Å². The average molecular weight is 295 g/mol. The van der Waals surface area contributed by atoms with E-state index in [4.69, 9.17) is 0 Å². The summed E-state index contributed by atoms with van der Waals surface area (Å²) in [6.07, 6.45) is 4.05. The maximum absolute atomic E-state index is 3.47. The first-order valence-electron chi connectivity index (χ1n) is 7.82. The molecule has 1 aromatic rings. The third-order valence-electron chi connectivity index (χ3n) is 4.93. The zero-order valence-corrected chi connectivity index (χ0v) is 13.2. The number of benzene rings is 1. The molecule has 2 aliphatic rings. The second-order valence-electron chi connectivity index (χ2n) is 6.34. The average Bonchev–Trinajstić information content (AvgIpc) is 2.82. The number of hydrogen-bond acceptors (Lipinski definition) is 2. The van der Waals surface area contributed by atoms with Crippen molar-refractivity contribution < 1.29 is 0 Å². The van der Waals surface area contributed by atoms with Crippen LogP contribution in [-0.2, 0) is 0 Å². The van der Waals surface area contributed by atoms with E-state index >= 15 is 0 Å². The highest BCUT2D eigenvalue weighted by molar-refractivity contribution is 5.85. The SMILES string of the molecule is CC1CC(c2ccccc2)CN1CC1CCNCC1.Cl. The lowest BCUT2D eigenvalue weighted by Gasteiger charge is -2.29. The molecule has 2 unspecified atom stereocenters. The molecular weight excluding hydrogens is 268 g/mol. The largest absolute Gasteiger partial charge is 0.317 e. The lowest BCUT2D eigenvalue weighted by Crippen LogP contribution is -2.37. The van der Waals surface area contributed by atoms with Crippen molar-refractivity contribution in [1.82, 2.24) is 10.2 Å². The Kier molecular flexibility index (Phi) is 5.88. The van der Waals surface area contributed by atoms with E-state index in [9.17, 15) is 0 Å². The second kappa shape index (κ2) is 7.44. The predicted molar refractivity (Wildman–Crippen MR) is 87.7 cm³/mol. The fourth-order valence-corrected chi connectivity index (χ4v) is 3.72. The van der Waals surface area contributed by atoms with E-state index in [1.807, 2.05) is 0 Å². The molecule has 0 amide bonds. The van der Waals surface area contributed by atoms with Crippen LogP contribution in [0.4, 0.5) is 0 Å². The van der Waals surface area contributed by atoms with E-state index in [2.05, 4.69) is 47.5 Å². The summed E-state index contributed by atoms with van der Waals surface area (Å²) in [5.41, 5.74) is 1.53. The molecule has 0 aliphatic carbocycles. The molecule has 2 aliphatic heterocycles. The fraction of sp³-hybridized carbons (Fsp3) is 0.647. The van der Waals surface area contributed by atoms with Crippen LogP contribution in [-0.4, -0.2) is 37.1 Å². The molecule has 2 atom stereocenters. The summed E-state index contributed by atoms with van der Waals surface area (Å²) in [4.78, 5) is 2.73. The smallest absolute Gasteiger partial charge is 0.00735 e. The standard InChI is InChI=1S/C17H26N2.ClH/c1-14-11-17(16-5-3-2-4-6-16)13-19(14)12-15-7-9-18-10-8-15;/h2-6,14-15,17-18H,7-13H2,1H3;1H. The first-order valence-corrected chi connectivity index (χ1v) is 7.82. The molecule has 3 heteroatoms. The Morgan fingerprint density at radius 3 is 2.55 bits per heavy atom. The van der Waals surface area contributed by atoms with Crippen LogP contribution >= 0.6 is 12.4 Å². The van der Waals surface area contributed by atoms with Gasteiger partial charge in [-0.15, -0.1) is 12.4 Å². The van der Waals surface area contributed by atoms with Crippen LogP contribution in [0.25, 0.3) is 0 Å². The van der Waals surface area contributed by atoms with Crippen molar-refractivity contribution in [2.45, 2.75) is 38.1 Å². The van der Waals surface area contributed by atoms with Gasteiger partial charge < -0.3 is 5.32 Å². The van der Waals surface area contributed by atoms with Crippen LogP contribution in [0.2, 0.25) is 0 Å². The molecule has 0 saturated carbocycles. The van der Waals surface area contributed by atoms with Gasteiger partial charge in [0.1, 0.15) is 0 Å². The Morgan fingerprint density at radius 1 is 1.15 bits per heavy atom. The highest BCUT2D eigenvalue weighted by Gasteiger charge is 2.31. The van der Waals surface area contributed by atoms with E-state index in [-0.39, 0.29) is 12.4 Å². The molecule has 2 saturated heterocycles. The Hall–Kier alpha value is -0.570. The van der Waals surface area contributed by atoms with Crippen molar-refractivity contribution in [2.75, 3.05) is 26.2 Å². The third kappa shape index (κ3) is 3.75. The molecular formula is C17H27ClN2. The molecule has 20 heavy (non-hydrogen) atoms. The molecule has 0 bridgehead atoms. The molecule has 2 nitrogen and oxygen atoms in total. The van der Waals surface area contributed by atoms with Crippen molar-refractivity contribution in [3.8, 4) is 0 Å². The highest BCUT2D eigenvalue weighted by Crippen LogP contribution is 2.32. The van der Waals surface area contributed by atoms with Gasteiger partial charge in [0.2, 0.25) is 0 Å². The Bertz CT molecular complexity index is 389. The minimum absolute atomic E-state index is 0. The number of rotatable bonds is 3. The van der Waals surface area contributed by atoms with Crippen molar-refractivity contribution in [2.24, 2.45) is 5.92 Å². The Labute approximate surface area is 129 Å². The minimum atomic E-state index is 0. The summed E-state index contributed by atoms with van der Waals surface area (Å²) in [6.45, 7) is 7.41. The van der Waals surface area contributed by atoms with Crippen molar-refractivity contribution >= 4 is 12.4 Å². The first-order chi connectivity index (χ1) is 9.33. The monoisotopic (exact) mass is 294 g/mol. The summed E-state index contributed by atoms with van der Waals surface area (Å²) in [5.74, 6) is 1.66. The van der Waals surface area contributed by atoms with Crippen LogP contribution in [0.15, 0.2) is 30.3 Å². The van der Waals surface area contributed by atoms with Gasteiger partial charge in [-0.1, -0.05) is 30.3 Å². The lowest BCUT2D eigenvalue weighted by atomic mass is 9.97. The summed E-state index contributed by atoms with van der Waals surface area (Å²) in [6, 6.07) is 11.8. The van der Waals surface area contributed by atoms with Crippen molar-refractivity contribution in [3.05, 3.63) is 35.9 Å². The van der Waals surface area contributed by atoms with Crippen LogP contribution in [0, 0.1) is 5.92 Å². The number of nitrogens with one attached hydrogen (secondary N) is 1. The van der Waals surface area contributed by atoms with Gasteiger partial charge in [0, 0.05) is 19.1 Å². The number of piperidine rings is 1. The van der Waals surface area contributed by atoms with Crippen LogP contribution < -0.4 is 5.32 Å². The lowest BCUT2D eigenvalue weighted by molar-refractivity contribution is 0.200. The number of hydrogen-bond donors (Lipinski definition) is 1. The van der Waals surface area contributed by atoms with Gasteiger partial charge in [-0.05, 0) is 56.7 Å².